The molecule has 3 N–H and O–H groups in total. The van der Waals surface area contributed by atoms with Crippen molar-refractivity contribution in [2.45, 2.75) is 44.2 Å². The Hall–Kier alpha value is -2.95. The highest BCUT2D eigenvalue weighted by Crippen LogP contribution is 2.23. The molecule has 0 aliphatic carbocycles. The Morgan fingerprint density at radius 2 is 1.89 bits per heavy atom. The summed E-state index contributed by atoms with van der Waals surface area (Å²) in [6, 6.07) is 14.4. The molecule has 9 nitrogen and oxygen atoms in total. The number of anilines is 2. The second-order valence-corrected chi connectivity index (χ2v) is 10.8. The first-order chi connectivity index (χ1) is 16.8. The lowest BCUT2D eigenvalue weighted by Crippen LogP contribution is -2.33. The molecular formula is C25H35N7O2S. The first kappa shape index (κ1) is 25.2. The van der Waals surface area contributed by atoms with Crippen molar-refractivity contribution >= 4 is 21.5 Å². The highest BCUT2D eigenvalue weighted by Gasteiger charge is 2.22. The summed E-state index contributed by atoms with van der Waals surface area (Å²) in [5.41, 5.74) is 3.26. The normalized spacial score (nSPS) is 16.5. The van der Waals surface area contributed by atoms with E-state index >= 15 is 0 Å². The lowest BCUT2D eigenvalue weighted by Gasteiger charge is -2.17. The molecule has 0 radical (unpaired) electrons. The molecule has 2 aromatic heterocycles. The van der Waals surface area contributed by atoms with E-state index in [0.29, 0.717) is 23.2 Å². The van der Waals surface area contributed by atoms with E-state index in [4.69, 9.17) is 0 Å². The van der Waals surface area contributed by atoms with Crippen LogP contribution in [0.3, 0.4) is 0 Å². The van der Waals surface area contributed by atoms with Gasteiger partial charge < -0.3 is 10.6 Å². The van der Waals surface area contributed by atoms with Crippen molar-refractivity contribution in [3.8, 4) is 0 Å². The van der Waals surface area contributed by atoms with Gasteiger partial charge in [0.1, 0.15) is 10.7 Å². The third kappa shape index (κ3) is 6.59. The third-order valence-corrected chi connectivity index (χ3v) is 7.74. The Balaban J connectivity index is 1.17. The molecule has 0 saturated carbocycles. The number of nitrogens with zero attached hydrogens (tertiary/aromatic N) is 4. The SMILES string of the molecule is Cc1nn(C)c(C)c1NS(=O)(=O)c1ccc(NCCCNC2CCN(Cc3ccccc3)C2)nc1. The zero-order valence-corrected chi connectivity index (χ0v) is 21.5. The summed E-state index contributed by atoms with van der Waals surface area (Å²) in [5, 5.41) is 11.2. The van der Waals surface area contributed by atoms with Crippen molar-refractivity contribution in [2.75, 3.05) is 36.2 Å². The number of benzene rings is 1. The molecule has 35 heavy (non-hydrogen) atoms. The molecule has 3 heterocycles. The molecule has 0 bridgehead atoms. The van der Waals surface area contributed by atoms with Crippen LogP contribution in [0.15, 0.2) is 53.6 Å². The second-order valence-electron chi connectivity index (χ2n) is 9.09. The smallest absolute Gasteiger partial charge is 0.263 e. The number of aryl methyl sites for hydroxylation is 2. The lowest BCUT2D eigenvalue weighted by molar-refractivity contribution is 0.320. The summed E-state index contributed by atoms with van der Waals surface area (Å²) in [5.74, 6) is 0.660. The molecular weight excluding hydrogens is 462 g/mol. The molecule has 3 aromatic rings. The molecule has 188 valence electrons. The fraction of sp³-hybridized carbons (Fsp3) is 0.440. The van der Waals surface area contributed by atoms with Gasteiger partial charge in [-0.3, -0.25) is 14.3 Å². The minimum absolute atomic E-state index is 0.119. The molecule has 1 unspecified atom stereocenters. The van der Waals surface area contributed by atoms with Gasteiger partial charge >= 0.3 is 0 Å². The maximum absolute atomic E-state index is 12.8. The fourth-order valence-electron chi connectivity index (χ4n) is 4.35. The van der Waals surface area contributed by atoms with E-state index in [0.717, 1.165) is 44.8 Å². The quantitative estimate of drug-likeness (QED) is 0.350. The van der Waals surface area contributed by atoms with Crippen molar-refractivity contribution in [3.05, 3.63) is 65.6 Å². The summed E-state index contributed by atoms with van der Waals surface area (Å²) in [4.78, 5) is 6.90. The van der Waals surface area contributed by atoms with Gasteiger partial charge in [0.2, 0.25) is 0 Å². The zero-order valence-electron chi connectivity index (χ0n) is 20.7. The molecule has 1 aromatic carbocycles. The van der Waals surface area contributed by atoms with Gasteiger partial charge in [-0.15, -0.1) is 0 Å². The number of hydrogen-bond donors (Lipinski definition) is 3. The van der Waals surface area contributed by atoms with Crippen LogP contribution >= 0.6 is 0 Å². The molecule has 0 spiro atoms. The Bertz CT molecular complexity index is 1210. The minimum atomic E-state index is -3.73. The standard InChI is InChI=1S/C25H35N7O2S/c1-19-25(20(2)31(3)29-19)30-35(33,34)23-10-11-24(28-16-23)27-14-7-13-26-22-12-15-32(18-22)17-21-8-5-4-6-9-21/h4-6,8-11,16,22,26,30H,7,12-15,17-18H2,1-3H3,(H,27,28). The van der Waals surface area contributed by atoms with Crippen LogP contribution in [0.25, 0.3) is 0 Å². The minimum Gasteiger partial charge on any atom is -0.370 e. The van der Waals surface area contributed by atoms with Crippen LogP contribution in [0.2, 0.25) is 0 Å². The van der Waals surface area contributed by atoms with E-state index in [1.54, 1.807) is 30.8 Å². The van der Waals surface area contributed by atoms with Crippen LogP contribution in [0.1, 0.15) is 29.8 Å². The molecule has 0 amide bonds. The van der Waals surface area contributed by atoms with Crippen molar-refractivity contribution in [1.29, 1.82) is 0 Å². The van der Waals surface area contributed by atoms with Crippen molar-refractivity contribution in [2.24, 2.45) is 7.05 Å². The van der Waals surface area contributed by atoms with E-state index in [1.807, 2.05) is 6.92 Å². The largest absolute Gasteiger partial charge is 0.370 e. The van der Waals surface area contributed by atoms with Crippen LogP contribution in [-0.2, 0) is 23.6 Å². The van der Waals surface area contributed by atoms with Crippen LogP contribution < -0.4 is 15.4 Å². The van der Waals surface area contributed by atoms with Gasteiger partial charge in [0.05, 0.1) is 17.1 Å². The van der Waals surface area contributed by atoms with Crippen molar-refractivity contribution < 1.29 is 8.42 Å². The first-order valence-corrected chi connectivity index (χ1v) is 13.5. The Labute approximate surface area is 208 Å². The Morgan fingerprint density at radius 3 is 2.57 bits per heavy atom. The van der Waals surface area contributed by atoms with E-state index < -0.39 is 10.0 Å². The van der Waals surface area contributed by atoms with Gasteiger partial charge in [-0.05, 0) is 50.9 Å². The van der Waals surface area contributed by atoms with Crippen LogP contribution in [0.5, 0.6) is 0 Å². The monoisotopic (exact) mass is 497 g/mol. The maximum atomic E-state index is 12.8. The van der Waals surface area contributed by atoms with Gasteiger partial charge in [-0.25, -0.2) is 13.4 Å². The van der Waals surface area contributed by atoms with Crippen molar-refractivity contribution in [3.63, 3.8) is 0 Å². The molecule has 1 fully saturated rings. The second kappa shape index (κ2) is 11.2. The number of sulfonamides is 1. The van der Waals surface area contributed by atoms with E-state index in [-0.39, 0.29) is 4.90 Å². The van der Waals surface area contributed by atoms with E-state index in [2.05, 4.69) is 60.7 Å². The van der Waals surface area contributed by atoms with Crippen LogP contribution in [0.4, 0.5) is 11.5 Å². The average Bonchev–Trinajstić information content (AvgIpc) is 3.38. The molecule has 1 saturated heterocycles. The maximum Gasteiger partial charge on any atom is 0.263 e. The summed E-state index contributed by atoms with van der Waals surface area (Å²) >= 11 is 0. The number of nitrogens with one attached hydrogen (secondary N) is 3. The number of hydrogen-bond acceptors (Lipinski definition) is 7. The summed E-state index contributed by atoms with van der Waals surface area (Å²) in [6.45, 7) is 8.50. The average molecular weight is 498 g/mol. The topological polar surface area (TPSA) is 104 Å². The van der Waals surface area contributed by atoms with Gasteiger partial charge in [0, 0.05) is 45.5 Å². The fourth-order valence-corrected chi connectivity index (χ4v) is 5.47. The zero-order chi connectivity index (χ0) is 24.8. The summed E-state index contributed by atoms with van der Waals surface area (Å²) in [7, 11) is -1.95. The molecule has 1 aliphatic rings. The number of likely N-dealkylation sites (tertiary alicyclic amines) is 1. The van der Waals surface area contributed by atoms with Crippen LogP contribution in [-0.4, -0.2) is 60.3 Å². The molecule has 10 heteroatoms. The van der Waals surface area contributed by atoms with Gasteiger partial charge in [-0.1, -0.05) is 30.3 Å². The van der Waals surface area contributed by atoms with Gasteiger partial charge in [-0.2, -0.15) is 5.10 Å². The third-order valence-electron chi connectivity index (χ3n) is 6.41. The number of pyridine rings is 1. The molecule has 4 rings (SSSR count). The number of aromatic nitrogens is 3. The molecule has 1 atom stereocenters. The van der Waals surface area contributed by atoms with Gasteiger partial charge in [0.15, 0.2) is 0 Å². The highest BCUT2D eigenvalue weighted by atomic mass is 32.2. The lowest BCUT2D eigenvalue weighted by atomic mass is 10.2. The predicted octanol–water partition coefficient (Wildman–Crippen LogP) is 2.90. The summed E-state index contributed by atoms with van der Waals surface area (Å²) in [6.07, 6.45) is 3.51. The highest BCUT2D eigenvalue weighted by molar-refractivity contribution is 7.92. The predicted molar refractivity (Wildman–Crippen MR) is 139 cm³/mol. The van der Waals surface area contributed by atoms with E-state index in [9.17, 15) is 8.42 Å². The Kier molecular flexibility index (Phi) is 8.04. The Morgan fingerprint density at radius 1 is 1.09 bits per heavy atom. The van der Waals surface area contributed by atoms with Gasteiger partial charge in [0.25, 0.3) is 10.0 Å². The van der Waals surface area contributed by atoms with Crippen LogP contribution in [0, 0.1) is 13.8 Å². The summed E-state index contributed by atoms with van der Waals surface area (Å²) < 4.78 is 29.8. The van der Waals surface area contributed by atoms with Crippen molar-refractivity contribution in [1.82, 2.24) is 25.0 Å². The number of rotatable bonds is 11. The van der Waals surface area contributed by atoms with E-state index in [1.165, 1.54) is 18.2 Å². The first-order valence-electron chi connectivity index (χ1n) is 12.0. The molecule has 1 aliphatic heterocycles.